The molecular formula is C60H39NO. The number of para-hydroxylation sites is 1. The summed E-state index contributed by atoms with van der Waals surface area (Å²) in [7, 11) is 0. The number of nitrogens with zero attached hydrogens (tertiary/aromatic N) is 1. The minimum atomic E-state index is 0.866. The van der Waals surface area contributed by atoms with Crippen LogP contribution in [-0.2, 0) is 0 Å². The van der Waals surface area contributed by atoms with Gasteiger partial charge in [-0.1, -0.05) is 182 Å². The van der Waals surface area contributed by atoms with Gasteiger partial charge < -0.3 is 9.32 Å². The lowest BCUT2D eigenvalue weighted by Gasteiger charge is -2.27. The summed E-state index contributed by atoms with van der Waals surface area (Å²) < 4.78 is 6.80. The third-order valence-electron chi connectivity index (χ3n) is 12.4. The maximum Gasteiger partial charge on any atom is 0.145 e. The van der Waals surface area contributed by atoms with E-state index in [1.54, 1.807) is 0 Å². The van der Waals surface area contributed by atoms with Gasteiger partial charge >= 0.3 is 0 Å². The van der Waals surface area contributed by atoms with Crippen molar-refractivity contribution in [1.29, 1.82) is 0 Å². The zero-order valence-corrected chi connectivity index (χ0v) is 33.9. The first-order chi connectivity index (χ1) is 30.7. The van der Waals surface area contributed by atoms with Crippen LogP contribution < -0.4 is 4.90 Å². The van der Waals surface area contributed by atoms with Crippen molar-refractivity contribution in [2.45, 2.75) is 0 Å². The largest absolute Gasteiger partial charge is 0.455 e. The fourth-order valence-corrected chi connectivity index (χ4v) is 9.49. The van der Waals surface area contributed by atoms with Crippen molar-refractivity contribution < 1.29 is 4.42 Å². The Morgan fingerprint density at radius 3 is 1.44 bits per heavy atom. The van der Waals surface area contributed by atoms with E-state index >= 15 is 0 Å². The summed E-state index contributed by atoms with van der Waals surface area (Å²) in [5, 5.41) is 9.79. The second-order valence-electron chi connectivity index (χ2n) is 16.0. The summed E-state index contributed by atoms with van der Waals surface area (Å²) in [5.41, 5.74) is 14.2. The molecule has 0 fully saturated rings. The number of fused-ring (bicyclic) bond motifs is 9. The van der Waals surface area contributed by atoms with Gasteiger partial charge in [-0.3, -0.25) is 0 Å². The second-order valence-corrected chi connectivity index (χ2v) is 16.0. The molecule has 0 atom stereocenters. The van der Waals surface area contributed by atoms with Gasteiger partial charge in [0.2, 0.25) is 0 Å². The molecule has 62 heavy (non-hydrogen) atoms. The van der Waals surface area contributed by atoms with Gasteiger partial charge in [-0.05, 0) is 126 Å². The Morgan fingerprint density at radius 1 is 0.274 bits per heavy atom. The smallest absolute Gasteiger partial charge is 0.145 e. The van der Waals surface area contributed by atoms with Crippen LogP contribution in [0.3, 0.4) is 0 Å². The van der Waals surface area contributed by atoms with Crippen molar-refractivity contribution in [2.75, 3.05) is 4.90 Å². The van der Waals surface area contributed by atoms with Gasteiger partial charge in [0, 0.05) is 22.3 Å². The van der Waals surface area contributed by atoms with Crippen LogP contribution >= 0.6 is 0 Å². The van der Waals surface area contributed by atoms with Gasteiger partial charge in [0.1, 0.15) is 11.2 Å². The second kappa shape index (κ2) is 14.8. The highest BCUT2D eigenvalue weighted by Gasteiger charge is 2.23. The fourth-order valence-electron chi connectivity index (χ4n) is 9.49. The normalized spacial score (nSPS) is 11.5. The molecule has 0 aliphatic rings. The van der Waals surface area contributed by atoms with Gasteiger partial charge in [0.05, 0.1) is 11.1 Å². The molecule has 0 amide bonds. The predicted octanol–water partition coefficient (Wildman–Crippen LogP) is 17.2. The highest BCUT2D eigenvalue weighted by molar-refractivity contribution is 6.26. The van der Waals surface area contributed by atoms with Crippen LogP contribution in [0, 0.1) is 0 Å². The SMILES string of the molecule is c1ccc(-c2cccc(-c3ccc(N(c4cccc(-c5ccc6c7ccccc7c7ccccc7c6c5)c4)c4ccc(-c5ccccc5)c5oc6ccccc6c45)cc3)c2)cc1. The Bertz CT molecular complexity index is 3590. The topological polar surface area (TPSA) is 16.4 Å². The van der Waals surface area contributed by atoms with Gasteiger partial charge in [-0.2, -0.15) is 0 Å². The first-order valence-corrected chi connectivity index (χ1v) is 21.2. The van der Waals surface area contributed by atoms with Crippen molar-refractivity contribution in [2.24, 2.45) is 0 Å². The Kier molecular flexibility index (Phi) is 8.53. The zero-order chi connectivity index (χ0) is 41.0. The number of furan rings is 1. The van der Waals surface area contributed by atoms with E-state index in [1.807, 2.05) is 0 Å². The molecule has 0 radical (unpaired) electrons. The molecule has 0 N–H and O–H groups in total. The van der Waals surface area contributed by atoms with Gasteiger partial charge in [0.15, 0.2) is 0 Å². The van der Waals surface area contributed by atoms with E-state index in [4.69, 9.17) is 4.42 Å². The van der Waals surface area contributed by atoms with Crippen molar-refractivity contribution in [1.82, 2.24) is 0 Å². The standard InChI is InChI=1S/C60H39NO/c1-3-15-40(16-4-1)43-19-13-20-44(37-43)41-29-32-47(33-30-41)61(57-36-35-49(42-17-5-2-6-18-42)60-59(57)55-27-11-12-28-58(55)62-60)48-22-14-21-45(38-48)46-31-34-54-52-25-8-7-23-50(52)51-24-9-10-26-53(51)56(54)39-46/h1-39H. The molecule has 0 aliphatic carbocycles. The molecule has 290 valence electrons. The lowest BCUT2D eigenvalue weighted by Crippen LogP contribution is -2.10. The van der Waals surface area contributed by atoms with Crippen molar-refractivity contribution in [3.05, 3.63) is 237 Å². The van der Waals surface area contributed by atoms with E-state index in [2.05, 4.69) is 241 Å². The molecule has 0 spiro atoms. The van der Waals surface area contributed by atoms with E-state index < -0.39 is 0 Å². The van der Waals surface area contributed by atoms with Gasteiger partial charge in [-0.15, -0.1) is 0 Å². The van der Waals surface area contributed by atoms with E-state index in [0.717, 1.165) is 61.3 Å². The molecule has 12 rings (SSSR count). The highest BCUT2D eigenvalue weighted by atomic mass is 16.3. The molecule has 1 aromatic heterocycles. The zero-order valence-electron chi connectivity index (χ0n) is 33.9. The highest BCUT2D eigenvalue weighted by Crippen LogP contribution is 2.47. The van der Waals surface area contributed by atoms with Crippen LogP contribution in [0.25, 0.3) is 98.8 Å². The molecule has 0 bridgehead atoms. The molecule has 0 saturated heterocycles. The maximum atomic E-state index is 6.80. The average molecular weight is 790 g/mol. The number of rotatable bonds is 7. The van der Waals surface area contributed by atoms with Crippen LogP contribution in [0.1, 0.15) is 0 Å². The molecule has 0 aliphatic heterocycles. The summed E-state index contributed by atoms with van der Waals surface area (Å²) in [4.78, 5) is 2.40. The predicted molar refractivity (Wildman–Crippen MR) is 263 cm³/mol. The van der Waals surface area contributed by atoms with Crippen LogP contribution in [0.15, 0.2) is 241 Å². The summed E-state index contributed by atoms with van der Waals surface area (Å²) in [6.07, 6.45) is 0. The molecule has 1 heterocycles. The Morgan fingerprint density at radius 2 is 0.758 bits per heavy atom. The number of benzene rings is 11. The van der Waals surface area contributed by atoms with E-state index in [9.17, 15) is 0 Å². The summed E-state index contributed by atoms with van der Waals surface area (Å²) in [6, 6.07) is 85.3. The average Bonchev–Trinajstić information content (AvgIpc) is 3.75. The third kappa shape index (κ3) is 6.04. The lowest BCUT2D eigenvalue weighted by molar-refractivity contribution is 0.670. The van der Waals surface area contributed by atoms with Gasteiger partial charge in [0.25, 0.3) is 0 Å². The summed E-state index contributed by atoms with van der Waals surface area (Å²) in [6.45, 7) is 0. The molecule has 2 nitrogen and oxygen atoms in total. The molecule has 2 heteroatoms. The van der Waals surface area contributed by atoms with Crippen LogP contribution in [0.5, 0.6) is 0 Å². The molecule has 12 aromatic rings. The molecular weight excluding hydrogens is 751 g/mol. The number of hydrogen-bond donors (Lipinski definition) is 0. The van der Waals surface area contributed by atoms with E-state index in [1.165, 1.54) is 54.6 Å². The summed E-state index contributed by atoms with van der Waals surface area (Å²) >= 11 is 0. The fraction of sp³-hybridized carbons (Fsp3) is 0. The van der Waals surface area contributed by atoms with Crippen LogP contribution in [0.2, 0.25) is 0 Å². The Balaban J connectivity index is 1.05. The van der Waals surface area contributed by atoms with Gasteiger partial charge in [-0.25, -0.2) is 0 Å². The van der Waals surface area contributed by atoms with Crippen molar-refractivity contribution >= 4 is 71.3 Å². The Hall–Kier alpha value is -8.20. The number of hydrogen-bond acceptors (Lipinski definition) is 2. The lowest BCUT2D eigenvalue weighted by atomic mass is 9.92. The minimum absolute atomic E-state index is 0.866. The van der Waals surface area contributed by atoms with E-state index in [-0.39, 0.29) is 0 Å². The van der Waals surface area contributed by atoms with Crippen LogP contribution in [0.4, 0.5) is 17.1 Å². The number of anilines is 3. The monoisotopic (exact) mass is 789 g/mol. The third-order valence-corrected chi connectivity index (χ3v) is 12.4. The first kappa shape index (κ1) is 35.7. The molecule has 0 saturated carbocycles. The van der Waals surface area contributed by atoms with Crippen molar-refractivity contribution in [3.63, 3.8) is 0 Å². The van der Waals surface area contributed by atoms with Crippen molar-refractivity contribution in [3.8, 4) is 44.5 Å². The maximum absolute atomic E-state index is 6.80. The molecule has 0 unspecified atom stereocenters. The molecule has 11 aromatic carbocycles. The first-order valence-electron chi connectivity index (χ1n) is 21.2. The minimum Gasteiger partial charge on any atom is -0.455 e. The van der Waals surface area contributed by atoms with Crippen LogP contribution in [-0.4, -0.2) is 0 Å². The Labute approximate surface area is 360 Å². The van der Waals surface area contributed by atoms with E-state index in [0.29, 0.717) is 0 Å². The quantitative estimate of drug-likeness (QED) is 0.150. The summed E-state index contributed by atoms with van der Waals surface area (Å²) in [5.74, 6) is 0.